The van der Waals surface area contributed by atoms with Crippen LogP contribution in [0.5, 0.6) is 0 Å². The van der Waals surface area contributed by atoms with E-state index in [1.165, 1.54) is 57.8 Å². The summed E-state index contributed by atoms with van der Waals surface area (Å²) in [6, 6.07) is 0. The number of alkyl halides is 1. The van der Waals surface area contributed by atoms with E-state index in [-0.39, 0.29) is 0 Å². The molecular weight excluding hydrogens is 302 g/mol. The molecule has 0 aromatic heterocycles. The quantitative estimate of drug-likeness (QED) is 0.763. The molecule has 0 unspecified atom stereocenters. The predicted octanol–water partition coefficient (Wildman–Crippen LogP) is 4.42. The Labute approximate surface area is 126 Å². The lowest BCUT2D eigenvalue weighted by atomic mass is 9.88. The van der Waals surface area contributed by atoms with Gasteiger partial charge in [-0.05, 0) is 44.4 Å². The Morgan fingerprint density at radius 1 is 0.895 bits per heavy atom. The lowest BCUT2D eigenvalue weighted by Gasteiger charge is -2.26. The molecule has 0 atom stereocenters. The van der Waals surface area contributed by atoms with E-state index in [4.69, 9.17) is 0 Å². The van der Waals surface area contributed by atoms with Crippen LogP contribution in [0.3, 0.4) is 0 Å². The van der Waals surface area contributed by atoms with Gasteiger partial charge in [0, 0.05) is 17.3 Å². The van der Waals surface area contributed by atoms with Crippen LogP contribution in [0, 0.1) is 11.8 Å². The van der Waals surface area contributed by atoms with Crippen molar-refractivity contribution in [2.24, 2.45) is 11.8 Å². The van der Waals surface area contributed by atoms with Crippen LogP contribution in [0.15, 0.2) is 0 Å². The molecule has 0 spiro atoms. The van der Waals surface area contributed by atoms with Crippen molar-refractivity contribution in [3.05, 3.63) is 0 Å². The van der Waals surface area contributed by atoms with E-state index in [1.54, 1.807) is 0 Å². The molecule has 0 bridgehead atoms. The number of carbonyl (C=O) groups is 1. The first-order chi connectivity index (χ1) is 9.25. The van der Waals surface area contributed by atoms with Gasteiger partial charge in [-0.1, -0.05) is 48.0 Å². The van der Waals surface area contributed by atoms with Gasteiger partial charge in [-0.3, -0.25) is 4.79 Å². The van der Waals surface area contributed by atoms with Gasteiger partial charge in [-0.15, -0.1) is 0 Å². The molecule has 2 nitrogen and oxygen atoms in total. The van der Waals surface area contributed by atoms with E-state index in [0.29, 0.717) is 22.6 Å². The smallest absolute Gasteiger partial charge is 0.223 e. The second-order valence-corrected chi connectivity index (χ2v) is 7.70. The summed E-state index contributed by atoms with van der Waals surface area (Å²) in [7, 11) is 0. The largest absolute Gasteiger partial charge is 0.356 e. The number of hydrogen-bond donors (Lipinski definition) is 1. The molecule has 2 saturated carbocycles. The van der Waals surface area contributed by atoms with Gasteiger partial charge in [0.05, 0.1) is 0 Å². The van der Waals surface area contributed by atoms with E-state index >= 15 is 0 Å². The molecule has 1 amide bonds. The van der Waals surface area contributed by atoms with Gasteiger partial charge in [0.1, 0.15) is 0 Å². The number of rotatable bonds is 3. The SMILES string of the molecule is O=C(NCC1CCC(Br)CC1)C1CCCCCCC1. The third-order valence-electron chi connectivity index (χ3n) is 4.82. The Morgan fingerprint density at radius 3 is 2.11 bits per heavy atom. The second kappa shape index (κ2) is 8.28. The third-order valence-corrected chi connectivity index (χ3v) is 5.73. The van der Waals surface area contributed by atoms with Crippen molar-refractivity contribution >= 4 is 21.8 Å². The van der Waals surface area contributed by atoms with E-state index in [1.807, 2.05) is 0 Å². The molecule has 2 rings (SSSR count). The Hall–Kier alpha value is -0.0500. The molecule has 3 heteroatoms. The first-order valence-electron chi connectivity index (χ1n) is 8.17. The molecule has 0 radical (unpaired) electrons. The number of nitrogens with one attached hydrogen (secondary N) is 1. The molecule has 19 heavy (non-hydrogen) atoms. The van der Waals surface area contributed by atoms with Crippen molar-refractivity contribution in [2.45, 2.75) is 75.5 Å². The van der Waals surface area contributed by atoms with Crippen LogP contribution in [-0.4, -0.2) is 17.3 Å². The highest BCUT2D eigenvalue weighted by molar-refractivity contribution is 9.09. The summed E-state index contributed by atoms with van der Waals surface area (Å²) in [5.74, 6) is 1.35. The molecule has 0 aromatic rings. The highest BCUT2D eigenvalue weighted by Crippen LogP contribution is 2.28. The molecule has 0 saturated heterocycles. The van der Waals surface area contributed by atoms with Crippen LogP contribution < -0.4 is 5.32 Å². The third kappa shape index (κ3) is 5.45. The molecule has 0 heterocycles. The first-order valence-corrected chi connectivity index (χ1v) is 9.09. The van der Waals surface area contributed by atoms with Crippen molar-refractivity contribution in [2.75, 3.05) is 6.54 Å². The lowest BCUT2D eigenvalue weighted by molar-refractivity contribution is -0.125. The fourth-order valence-corrected chi connectivity index (χ4v) is 3.96. The fraction of sp³-hybridized carbons (Fsp3) is 0.938. The van der Waals surface area contributed by atoms with E-state index < -0.39 is 0 Å². The van der Waals surface area contributed by atoms with Gasteiger partial charge >= 0.3 is 0 Å². The van der Waals surface area contributed by atoms with Gasteiger partial charge < -0.3 is 5.32 Å². The average Bonchev–Trinajstić information content (AvgIpc) is 2.37. The predicted molar refractivity (Wildman–Crippen MR) is 83.5 cm³/mol. The van der Waals surface area contributed by atoms with Crippen molar-refractivity contribution in [1.82, 2.24) is 5.32 Å². The summed E-state index contributed by atoms with van der Waals surface area (Å²) in [6.45, 7) is 0.912. The van der Waals surface area contributed by atoms with Gasteiger partial charge in [-0.25, -0.2) is 0 Å². The standard InChI is InChI=1S/C16H28BrNO/c17-15-10-8-13(9-11-15)12-18-16(19)14-6-4-2-1-3-5-7-14/h13-15H,1-12H2,(H,18,19). The molecule has 0 aliphatic heterocycles. The maximum atomic E-state index is 12.2. The lowest BCUT2D eigenvalue weighted by Crippen LogP contribution is -2.35. The van der Waals surface area contributed by atoms with Crippen LogP contribution in [-0.2, 0) is 4.79 Å². The van der Waals surface area contributed by atoms with E-state index in [9.17, 15) is 4.79 Å². The topological polar surface area (TPSA) is 29.1 Å². The molecule has 1 N–H and O–H groups in total. The Kier molecular flexibility index (Phi) is 6.69. The van der Waals surface area contributed by atoms with Crippen LogP contribution in [0.1, 0.15) is 70.6 Å². The van der Waals surface area contributed by atoms with Gasteiger partial charge in [0.15, 0.2) is 0 Å². The molecule has 2 aliphatic carbocycles. The first kappa shape index (κ1) is 15.3. The fourth-order valence-electron chi connectivity index (χ4n) is 3.43. The zero-order valence-electron chi connectivity index (χ0n) is 12.0. The van der Waals surface area contributed by atoms with Crippen LogP contribution in [0.25, 0.3) is 0 Å². The molecule has 2 aliphatic rings. The Morgan fingerprint density at radius 2 is 1.47 bits per heavy atom. The minimum Gasteiger partial charge on any atom is -0.356 e. The second-order valence-electron chi connectivity index (χ2n) is 6.41. The zero-order valence-corrected chi connectivity index (χ0v) is 13.6. The summed E-state index contributed by atoms with van der Waals surface area (Å²) in [5, 5.41) is 3.23. The van der Waals surface area contributed by atoms with Gasteiger partial charge in [-0.2, -0.15) is 0 Å². The van der Waals surface area contributed by atoms with Crippen LogP contribution in [0.4, 0.5) is 0 Å². The minimum absolute atomic E-state index is 0.299. The van der Waals surface area contributed by atoms with Crippen LogP contribution >= 0.6 is 15.9 Å². The van der Waals surface area contributed by atoms with Crippen molar-refractivity contribution in [3.63, 3.8) is 0 Å². The normalized spacial score (nSPS) is 30.4. The molecule has 110 valence electrons. The summed E-state index contributed by atoms with van der Waals surface area (Å²) in [5.41, 5.74) is 0. The highest BCUT2D eigenvalue weighted by atomic mass is 79.9. The molecule has 0 aromatic carbocycles. The van der Waals surface area contributed by atoms with Crippen molar-refractivity contribution < 1.29 is 4.79 Å². The summed E-state index contributed by atoms with van der Waals surface area (Å²) in [4.78, 5) is 13.0. The van der Waals surface area contributed by atoms with E-state index in [2.05, 4.69) is 21.2 Å². The minimum atomic E-state index is 0.299. The van der Waals surface area contributed by atoms with E-state index in [0.717, 1.165) is 19.4 Å². The van der Waals surface area contributed by atoms with Crippen LogP contribution in [0.2, 0.25) is 0 Å². The zero-order chi connectivity index (χ0) is 13.5. The number of halogens is 1. The molecular formula is C16H28BrNO. The Bertz CT molecular complexity index is 266. The van der Waals surface area contributed by atoms with Crippen molar-refractivity contribution in [1.29, 1.82) is 0 Å². The molecule has 2 fully saturated rings. The van der Waals surface area contributed by atoms with Gasteiger partial charge in [0.25, 0.3) is 0 Å². The number of hydrogen-bond acceptors (Lipinski definition) is 1. The summed E-state index contributed by atoms with van der Waals surface area (Å²) in [6.07, 6.45) is 13.8. The summed E-state index contributed by atoms with van der Waals surface area (Å²) >= 11 is 3.69. The maximum absolute atomic E-state index is 12.2. The van der Waals surface area contributed by atoms with Gasteiger partial charge in [0.2, 0.25) is 5.91 Å². The maximum Gasteiger partial charge on any atom is 0.223 e. The highest BCUT2D eigenvalue weighted by Gasteiger charge is 2.22. The monoisotopic (exact) mass is 329 g/mol. The number of carbonyl (C=O) groups excluding carboxylic acids is 1. The average molecular weight is 330 g/mol. The Balaban J connectivity index is 1.67. The summed E-state index contributed by atoms with van der Waals surface area (Å²) < 4.78 is 0. The van der Waals surface area contributed by atoms with Crippen molar-refractivity contribution in [3.8, 4) is 0 Å². The number of amides is 1.